The Morgan fingerprint density at radius 1 is 1.73 bits per heavy atom. The first-order valence-electron chi connectivity index (χ1n) is 3.57. The fourth-order valence-electron chi connectivity index (χ4n) is 1.21. The van der Waals surface area contributed by atoms with Gasteiger partial charge in [0.25, 0.3) is 0 Å². The second-order valence-electron chi connectivity index (χ2n) is 2.51. The lowest BCUT2D eigenvalue weighted by atomic mass is 10.1. The van der Waals surface area contributed by atoms with Crippen molar-refractivity contribution in [2.24, 2.45) is 4.99 Å². The molecule has 0 aromatic rings. The highest BCUT2D eigenvalue weighted by atomic mass is 127. The summed E-state index contributed by atoms with van der Waals surface area (Å²) in [5.74, 6) is 1.88. The average molecular weight is 261 g/mol. The number of halogens is 1. The molecule has 1 heterocycles. The van der Waals surface area contributed by atoms with Crippen LogP contribution in [0.1, 0.15) is 6.42 Å². The molecule has 11 heavy (non-hydrogen) atoms. The lowest BCUT2D eigenvalue weighted by Crippen LogP contribution is -2.05. The van der Waals surface area contributed by atoms with Crippen LogP contribution in [-0.4, -0.2) is 16.4 Å². The van der Waals surface area contributed by atoms with Crippen molar-refractivity contribution in [3.8, 4) is 0 Å². The molecule has 2 aliphatic rings. The van der Waals surface area contributed by atoms with Crippen LogP contribution in [0.15, 0.2) is 29.0 Å². The molecule has 1 aliphatic heterocycles. The van der Waals surface area contributed by atoms with E-state index < -0.39 is 0 Å². The highest BCUT2D eigenvalue weighted by Gasteiger charge is 2.24. The summed E-state index contributed by atoms with van der Waals surface area (Å²) >= 11 is 2.26. The summed E-state index contributed by atoms with van der Waals surface area (Å²) < 4.78 is 6.33. The van der Waals surface area contributed by atoms with Crippen LogP contribution in [0.4, 0.5) is 0 Å². The Kier molecular flexibility index (Phi) is 1.98. The van der Waals surface area contributed by atoms with Crippen molar-refractivity contribution in [1.82, 2.24) is 0 Å². The molecular weight excluding hydrogens is 253 g/mol. The van der Waals surface area contributed by atoms with E-state index in [1.54, 1.807) is 0 Å². The van der Waals surface area contributed by atoms with E-state index in [0.29, 0.717) is 0 Å². The summed E-state index contributed by atoms with van der Waals surface area (Å²) in [5, 5.41) is 0. The number of nitrogens with zero attached hydrogens (tertiary/aromatic N) is 1. The lowest BCUT2D eigenvalue weighted by molar-refractivity contribution is 0.412. The number of fused-ring (bicyclic) bond motifs is 1. The Labute approximate surface area is 79.2 Å². The van der Waals surface area contributed by atoms with Gasteiger partial charge >= 0.3 is 0 Å². The second kappa shape index (κ2) is 2.97. The summed E-state index contributed by atoms with van der Waals surface area (Å²) in [6.45, 7) is 0. The van der Waals surface area contributed by atoms with Crippen LogP contribution in [0.3, 0.4) is 0 Å². The van der Waals surface area contributed by atoms with E-state index in [4.69, 9.17) is 4.74 Å². The highest BCUT2D eigenvalue weighted by molar-refractivity contribution is 14.1. The van der Waals surface area contributed by atoms with Gasteiger partial charge in [-0.15, -0.1) is 0 Å². The molecule has 0 aromatic carbocycles. The highest BCUT2D eigenvalue weighted by Crippen LogP contribution is 2.24. The number of aliphatic imine (C=N–C) groups is 1. The predicted octanol–water partition coefficient (Wildman–Crippen LogP) is 2.06. The van der Waals surface area contributed by atoms with Crippen molar-refractivity contribution in [3.63, 3.8) is 0 Å². The Morgan fingerprint density at radius 3 is 3.36 bits per heavy atom. The molecule has 1 atom stereocenters. The van der Waals surface area contributed by atoms with Gasteiger partial charge in [0.1, 0.15) is 11.8 Å². The fourth-order valence-corrected chi connectivity index (χ4v) is 1.57. The lowest BCUT2D eigenvalue weighted by Gasteiger charge is -2.07. The summed E-state index contributed by atoms with van der Waals surface area (Å²) in [6, 6.07) is 0.282. The Balaban J connectivity index is 2.19. The third-order valence-corrected chi connectivity index (χ3v) is 2.39. The standard InChI is InChI=1S/C8H8INO/c9-5-8-10-6-3-1-2-4-7(6)11-8/h1-2,4,6H,3,5H2. The molecule has 0 saturated heterocycles. The zero-order valence-electron chi connectivity index (χ0n) is 5.96. The van der Waals surface area contributed by atoms with E-state index in [1.165, 1.54) is 0 Å². The number of alkyl halides is 1. The molecule has 0 bridgehead atoms. The van der Waals surface area contributed by atoms with Crippen molar-refractivity contribution >= 4 is 28.5 Å². The van der Waals surface area contributed by atoms with E-state index >= 15 is 0 Å². The molecular formula is C8H8INO. The van der Waals surface area contributed by atoms with Crippen LogP contribution < -0.4 is 0 Å². The average Bonchev–Trinajstić information content (AvgIpc) is 2.46. The number of hydrogen-bond acceptors (Lipinski definition) is 2. The van der Waals surface area contributed by atoms with Gasteiger partial charge in [0, 0.05) is 0 Å². The minimum Gasteiger partial charge on any atom is -0.445 e. The van der Waals surface area contributed by atoms with Crippen molar-refractivity contribution in [3.05, 3.63) is 24.0 Å². The monoisotopic (exact) mass is 261 g/mol. The van der Waals surface area contributed by atoms with Crippen LogP contribution in [0.25, 0.3) is 0 Å². The first-order chi connectivity index (χ1) is 5.40. The number of ether oxygens (including phenoxy) is 1. The molecule has 0 spiro atoms. The smallest absolute Gasteiger partial charge is 0.200 e. The van der Waals surface area contributed by atoms with E-state index in [2.05, 4.69) is 33.7 Å². The molecule has 2 rings (SSSR count). The Hall–Kier alpha value is -0.320. The Bertz CT molecular complexity index is 255. The minimum atomic E-state index is 0.282. The molecule has 3 heteroatoms. The number of allylic oxidation sites excluding steroid dienone is 2. The fraction of sp³-hybridized carbons (Fsp3) is 0.375. The molecule has 0 aromatic heterocycles. The van der Waals surface area contributed by atoms with Gasteiger partial charge in [0.2, 0.25) is 0 Å². The molecule has 0 radical (unpaired) electrons. The van der Waals surface area contributed by atoms with E-state index in [1.807, 2.05) is 12.2 Å². The summed E-state index contributed by atoms with van der Waals surface area (Å²) in [7, 11) is 0. The maximum absolute atomic E-state index is 5.47. The van der Waals surface area contributed by atoms with Crippen molar-refractivity contribution in [2.75, 3.05) is 4.43 Å². The molecule has 2 nitrogen and oxygen atoms in total. The maximum Gasteiger partial charge on any atom is 0.200 e. The van der Waals surface area contributed by atoms with Crippen LogP contribution in [-0.2, 0) is 4.74 Å². The van der Waals surface area contributed by atoms with Gasteiger partial charge in [-0.05, 0) is 12.5 Å². The number of rotatable bonds is 1. The third kappa shape index (κ3) is 1.34. The molecule has 0 fully saturated rings. The Morgan fingerprint density at radius 2 is 2.64 bits per heavy atom. The van der Waals surface area contributed by atoms with E-state index in [0.717, 1.165) is 22.5 Å². The molecule has 58 valence electrons. The van der Waals surface area contributed by atoms with Crippen LogP contribution in [0.5, 0.6) is 0 Å². The second-order valence-corrected chi connectivity index (χ2v) is 3.27. The zero-order valence-corrected chi connectivity index (χ0v) is 8.11. The molecule has 1 unspecified atom stereocenters. The van der Waals surface area contributed by atoms with Gasteiger partial charge in [0.15, 0.2) is 5.90 Å². The van der Waals surface area contributed by atoms with Gasteiger partial charge in [-0.3, -0.25) is 0 Å². The summed E-state index contributed by atoms with van der Waals surface area (Å²) in [5.41, 5.74) is 0. The number of hydrogen-bond donors (Lipinski definition) is 0. The van der Waals surface area contributed by atoms with Crippen LogP contribution in [0.2, 0.25) is 0 Å². The van der Waals surface area contributed by atoms with Gasteiger partial charge in [0.05, 0.1) is 4.43 Å². The largest absolute Gasteiger partial charge is 0.445 e. The topological polar surface area (TPSA) is 21.6 Å². The molecule has 0 N–H and O–H groups in total. The quantitative estimate of drug-likeness (QED) is 0.523. The maximum atomic E-state index is 5.47. The van der Waals surface area contributed by atoms with Crippen LogP contribution >= 0.6 is 22.6 Å². The van der Waals surface area contributed by atoms with Crippen LogP contribution in [0, 0.1) is 0 Å². The van der Waals surface area contributed by atoms with Crippen molar-refractivity contribution < 1.29 is 4.74 Å². The first kappa shape index (κ1) is 7.34. The van der Waals surface area contributed by atoms with Gasteiger partial charge in [-0.2, -0.15) is 0 Å². The van der Waals surface area contributed by atoms with Gasteiger partial charge in [-0.1, -0.05) is 34.7 Å². The normalized spacial score (nSPS) is 27.2. The summed E-state index contributed by atoms with van der Waals surface area (Å²) in [4.78, 5) is 4.40. The summed E-state index contributed by atoms with van der Waals surface area (Å²) in [6.07, 6.45) is 7.14. The van der Waals surface area contributed by atoms with Gasteiger partial charge in [-0.25, -0.2) is 4.99 Å². The zero-order chi connectivity index (χ0) is 7.68. The molecule has 1 aliphatic carbocycles. The van der Waals surface area contributed by atoms with E-state index in [-0.39, 0.29) is 6.04 Å². The van der Waals surface area contributed by atoms with Crippen molar-refractivity contribution in [1.29, 1.82) is 0 Å². The van der Waals surface area contributed by atoms with Gasteiger partial charge < -0.3 is 4.74 Å². The van der Waals surface area contributed by atoms with Crippen molar-refractivity contribution in [2.45, 2.75) is 12.5 Å². The third-order valence-electron chi connectivity index (χ3n) is 1.73. The molecule has 0 amide bonds. The van der Waals surface area contributed by atoms with E-state index in [9.17, 15) is 0 Å². The first-order valence-corrected chi connectivity index (χ1v) is 5.10. The SMILES string of the molecule is ICC1=NC2CC=CC=C2O1. The molecule has 0 saturated carbocycles. The predicted molar refractivity (Wildman–Crippen MR) is 53.0 cm³/mol. The minimum absolute atomic E-state index is 0.282.